The van der Waals surface area contributed by atoms with E-state index < -0.39 is 0 Å². The summed E-state index contributed by atoms with van der Waals surface area (Å²) in [4.78, 5) is 11.7. The van der Waals surface area contributed by atoms with Crippen LogP contribution >= 0.6 is 11.8 Å². The molecule has 0 aromatic heterocycles. The minimum Gasteiger partial charge on any atom is -0.282 e. The maximum absolute atomic E-state index is 11.7. The van der Waals surface area contributed by atoms with Gasteiger partial charge in [0.25, 0.3) is 0 Å². The Morgan fingerprint density at radius 3 is 2.30 bits per heavy atom. The number of rotatable bonds is 6. The van der Waals surface area contributed by atoms with Gasteiger partial charge in [0.05, 0.1) is 0 Å². The highest BCUT2D eigenvalue weighted by Crippen LogP contribution is 2.11. The Bertz CT molecular complexity index is 546. The van der Waals surface area contributed by atoms with Crippen molar-refractivity contribution in [3.05, 3.63) is 77.9 Å². The molecule has 1 nitrogen and oxygen atoms in total. The van der Waals surface area contributed by atoms with Gasteiger partial charge in [0.15, 0.2) is 0 Å². The van der Waals surface area contributed by atoms with E-state index in [4.69, 9.17) is 0 Å². The van der Waals surface area contributed by atoms with E-state index in [2.05, 4.69) is 24.3 Å². The summed E-state index contributed by atoms with van der Waals surface area (Å²) in [7, 11) is 0. The second kappa shape index (κ2) is 8.39. The molecule has 0 radical (unpaired) electrons. The molecule has 0 aliphatic rings. The molecule has 20 heavy (non-hydrogen) atoms. The van der Waals surface area contributed by atoms with Crippen molar-refractivity contribution in [1.29, 1.82) is 0 Å². The molecule has 0 bridgehead atoms. The summed E-state index contributed by atoms with van der Waals surface area (Å²) in [5, 5.41) is 0.127. The minimum absolute atomic E-state index is 0.127. The number of benzene rings is 2. The average molecular weight is 282 g/mol. The molecular formula is C18H18OS. The second-order valence-corrected chi connectivity index (χ2v) is 5.60. The van der Waals surface area contributed by atoms with Gasteiger partial charge in [-0.1, -0.05) is 78.5 Å². The summed E-state index contributed by atoms with van der Waals surface area (Å²) in [5.41, 5.74) is 2.39. The number of carbonyl (C=O) groups excluding carboxylic acids is 1. The van der Waals surface area contributed by atoms with Gasteiger partial charge in [0.1, 0.15) is 0 Å². The SMILES string of the molecule is O=C(/C=C/c1ccccc1)SCCCc1ccccc1. The molecule has 0 saturated carbocycles. The number of aryl methyl sites for hydroxylation is 1. The highest BCUT2D eigenvalue weighted by atomic mass is 32.2. The van der Waals surface area contributed by atoms with Crippen LogP contribution in [0.15, 0.2) is 66.7 Å². The Morgan fingerprint density at radius 1 is 0.950 bits per heavy atom. The standard InChI is InChI=1S/C18H18OS/c19-18(14-13-17-10-5-2-6-11-17)20-15-7-12-16-8-3-1-4-9-16/h1-6,8-11,13-14H,7,12,15H2/b14-13+. The zero-order chi connectivity index (χ0) is 14.0. The summed E-state index contributed by atoms with van der Waals surface area (Å²) < 4.78 is 0. The highest BCUT2D eigenvalue weighted by Gasteiger charge is 1.98. The van der Waals surface area contributed by atoms with Gasteiger partial charge in [-0.25, -0.2) is 0 Å². The summed E-state index contributed by atoms with van der Waals surface area (Å²) in [6.07, 6.45) is 5.58. The Kier molecular flexibility index (Phi) is 6.12. The minimum atomic E-state index is 0.127. The molecule has 0 aliphatic heterocycles. The van der Waals surface area contributed by atoms with E-state index in [-0.39, 0.29) is 5.12 Å². The van der Waals surface area contributed by atoms with E-state index in [0.717, 1.165) is 24.2 Å². The molecule has 0 unspecified atom stereocenters. The van der Waals surface area contributed by atoms with E-state index in [0.29, 0.717) is 0 Å². The van der Waals surface area contributed by atoms with Gasteiger partial charge in [0.2, 0.25) is 5.12 Å². The molecule has 0 heterocycles. The first-order valence-corrected chi connectivity index (χ1v) is 7.77. The van der Waals surface area contributed by atoms with E-state index >= 15 is 0 Å². The lowest BCUT2D eigenvalue weighted by Gasteiger charge is -1.99. The first-order chi connectivity index (χ1) is 9.84. The van der Waals surface area contributed by atoms with Gasteiger partial charge in [-0.2, -0.15) is 0 Å². The van der Waals surface area contributed by atoms with Crippen molar-refractivity contribution in [2.24, 2.45) is 0 Å². The zero-order valence-electron chi connectivity index (χ0n) is 11.4. The van der Waals surface area contributed by atoms with E-state index in [1.807, 2.05) is 42.5 Å². The quantitative estimate of drug-likeness (QED) is 0.569. The van der Waals surface area contributed by atoms with Crippen molar-refractivity contribution in [3.63, 3.8) is 0 Å². The van der Waals surface area contributed by atoms with Gasteiger partial charge in [-0.15, -0.1) is 0 Å². The van der Waals surface area contributed by atoms with Crippen molar-refractivity contribution in [1.82, 2.24) is 0 Å². The molecule has 0 fully saturated rings. The third-order valence-corrected chi connectivity index (χ3v) is 3.82. The number of hydrogen-bond acceptors (Lipinski definition) is 2. The Balaban J connectivity index is 1.67. The van der Waals surface area contributed by atoms with E-state index in [1.165, 1.54) is 17.3 Å². The predicted octanol–water partition coefficient (Wildman–Crippen LogP) is 4.59. The first kappa shape index (κ1) is 14.6. The van der Waals surface area contributed by atoms with Crippen LogP contribution in [0.25, 0.3) is 6.08 Å². The monoisotopic (exact) mass is 282 g/mol. The lowest BCUT2D eigenvalue weighted by atomic mass is 10.1. The molecule has 2 rings (SSSR count). The zero-order valence-corrected chi connectivity index (χ0v) is 12.2. The molecule has 0 spiro atoms. The molecule has 0 saturated heterocycles. The molecule has 0 aliphatic carbocycles. The number of carbonyl (C=O) groups is 1. The topological polar surface area (TPSA) is 17.1 Å². The Labute approximate surface area is 124 Å². The van der Waals surface area contributed by atoms with Crippen molar-refractivity contribution in [3.8, 4) is 0 Å². The molecule has 2 aromatic carbocycles. The Hall–Kier alpha value is -1.80. The van der Waals surface area contributed by atoms with E-state index in [9.17, 15) is 4.79 Å². The normalized spacial score (nSPS) is 10.8. The van der Waals surface area contributed by atoms with E-state index in [1.54, 1.807) is 6.08 Å². The van der Waals surface area contributed by atoms with Crippen molar-refractivity contribution in [2.75, 3.05) is 5.75 Å². The Morgan fingerprint density at radius 2 is 1.60 bits per heavy atom. The van der Waals surface area contributed by atoms with Gasteiger partial charge in [0, 0.05) is 5.75 Å². The van der Waals surface area contributed by atoms with Crippen LogP contribution in [-0.2, 0) is 11.2 Å². The molecule has 2 aromatic rings. The van der Waals surface area contributed by atoms with Crippen molar-refractivity contribution in [2.45, 2.75) is 12.8 Å². The first-order valence-electron chi connectivity index (χ1n) is 6.78. The van der Waals surface area contributed by atoms with Crippen LogP contribution in [0.1, 0.15) is 17.5 Å². The molecule has 2 heteroatoms. The fraction of sp³-hybridized carbons (Fsp3) is 0.167. The smallest absolute Gasteiger partial charge is 0.212 e. The lowest BCUT2D eigenvalue weighted by Crippen LogP contribution is -1.91. The molecular weight excluding hydrogens is 264 g/mol. The van der Waals surface area contributed by atoms with Crippen LogP contribution in [0.2, 0.25) is 0 Å². The summed E-state index contributed by atoms with van der Waals surface area (Å²) in [6.45, 7) is 0. The lowest BCUT2D eigenvalue weighted by molar-refractivity contribution is -0.106. The number of hydrogen-bond donors (Lipinski definition) is 0. The second-order valence-electron chi connectivity index (χ2n) is 4.50. The third kappa shape index (κ3) is 5.45. The van der Waals surface area contributed by atoms with Crippen LogP contribution in [0.4, 0.5) is 0 Å². The van der Waals surface area contributed by atoms with Crippen LogP contribution in [0, 0.1) is 0 Å². The molecule has 0 N–H and O–H groups in total. The largest absolute Gasteiger partial charge is 0.282 e. The maximum atomic E-state index is 11.7. The predicted molar refractivity (Wildman–Crippen MR) is 87.7 cm³/mol. The number of thioether (sulfide) groups is 1. The molecule has 0 amide bonds. The van der Waals surface area contributed by atoms with Gasteiger partial charge in [-0.05, 0) is 30.0 Å². The van der Waals surface area contributed by atoms with Crippen molar-refractivity contribution < 1.29 is 4.79 Å². The van der Waals surface area contributed by atoms with Gasteiger partial charge >= 0.3 is 0 Å². The average Bonchev–Trinajstić information content (AvgIpc) is 2.52. The van der Waals surface area contributed by atoms with Crippen LogP contribution < -0.4 is 0 Å². The van der Waals surface area contributed by atoms with Crippen LogP contribution in [0.3, 0.4) is 0 Å². The van der Waals surface area contributed by atoms with Crippen LogP contribution in [0.5, 0.6) is 0 Å². The fourth-order valence-electron chi connectivity index (χ4n) is 1.87. The van der Waals surface area contributed by atoms with Crippen molar-refractivity contribution >= 4 is 23.0 Å². The van der Waals surface area contributed by atoms with Gasteiger partial charge in [-0.3, -0.25) is 4.79 Å². The summed E-state index contributed by atoms with van der Waals surface area (Å²) in [5.74, 6) is 0.868. The summed E-state index contributed by atoms with van der Waals surface area (Å²) in [6, 6.07) is 20.3. The summed E-state index contributed by atoms with van der Waals surface area (Å²) >= 11 is 1.39. The highest BCUT2D eigenvalue weighted by molar-refractivity contribution is 8.14. The third-order valence-electron chi connectivity index (χ3n) is 2.91. The maximum Gasteiger partial charge on any atom is 0.212 e. The molecule has 102 valence electrons. The fourth-order valence-corrected chi connectivity index (χ4v) is 2.52. The molecule has 0 atom stereocenters. The van der Waals surface area contributed by atoms with Gasteiger partial charge < -0.3 is 0 Å². The van der Waals surface area contributed by atoms with Crippen LogP contribution in [-0.4, -0.2) is 10.9 Å².